The van der Waals surface area contributed by atoms with Crippen LogP contribution in [0.25, 0.3) is 0 Å². The van der Waals surface area contributed by atoms with Crippen molar-refractivity contribution in [3.63, 3.8) is 0 Å². The van der Waals surface area contributed by atoms with Crippen molar-refractivity contribution < 1.29 is 9.53 Å². The molecule has 0 unspecified atom stereocenters. The van der Waals surface area contributed by atoms with Crippen molar-refractivity contribution in [2.75, 3.05) is 26.2 Å². The van der Waals surface area contributed by atoms with E-state index in [4.69, 9.17) is 21.6 Å². The minimum atomic E-state index is -0.310. The Morgan fingerprint density at radius 3 is 2.36 bits per heavy atom. The summed E-state index contributed by atoms with van der Waals surface area (Å²) in [7, 11) is 0. The molecule has 0 bridgehead atoms. The third-order valence-electron chi connectivity index (χ3n) is 8.73. The van der Waals surface area contributed by atoms with E-state index in [1.807, 2.05) is 24.3 Å². The molecule has 0 radical (unpaired) electrons. The van der Waals surface area contributed by atoms with Crippen LogP contribution in [-0.2, 0) is 0 Å². The summed E-state index contributed by atoms with van der Waals surface area (Å²) in [4.78, 5) is 15.7. The highest BCUT2D eigenvalue weighted by Gasteiger charge is 2.64. The molecular formula is C32H37ClN4O2. The summed E-state index contributed by atoms with van der Waals surface area (Å²) in [5.74, 6) is 7.67. The highest BCUT2D eigenvalue weighted by Crippen LogP contribution is 2.55. The third-order valence-corrected chi connectivity index (χ3v) is 9.05. The van der Waals surface area contributed by atoms with Gasteiger partial charge in [-0.15, -0.1) is 0 Å². The molecule has 5 rings (SSSR count). The van der Waals surface area contributed by atoms with E-state index in [1.54, 1.807) is 18.2 Å². The number of nitrogens with zero attached hydrogens (tertiary/aromatic N) is 2. The van der Waals surface area contributed by atoms with Crippen LogP contribution >= 0.6 is 11.6 Å². The van der Waals surface area contributed by atoms with Gasteiger partial charge in [-0.1, -0.05) is 51.1 Å². The number of nitriles is 1. The molecule has 3 aliphatic rings. The second kappa shape index (κ2) is 10.9. The van der Waals surface area contributed by atoms with Crippen molar-refractivity contribution in [3.05, 3.63) is 64.2 Å². The van der Waals surface area contributed by atoms with Crippen molar-refractivity contribution in [1.82, 2.24) is 15.5 Å². The minimum absolute atomic E-state index is 0.0858. The summed E-state index contributed by atoms with van der Waals surface area (Å²) in [5, 5.41) is 16.2. The molecule has 204 valence electrons. The molecule has 0 spiro atoms. The number of amides is 1. The molecule has 2 heterocycles. The number of benzene rings is 2. The number of nitrogens with one attached hydrogen (secondary N) is 2. The van der Waals surface area contributed by atoms with Gasteiger partial charge in [0.05, 0.1) is 10.6 Å². The molecule has 39 heavy (non-hydrogen) atoms. The molecule has 2 N–H and O–H groups in total. The van der Waals surface area contributed by atoms with E-state index < -0.39 is 0 Å². The predicted molar refractivity (Wildman–Crippen MR) is 154 cm³/mol. The maximum absolute atomic E-state index is 13.2. The van der Waals surface area contributed by atoms with Gasteiger partial charge in [-0.05, 0) is 62.3 Å². The Hall–Kier alpha value is -3.03. The standard InChI is InChI=1S/C32H37ClN4O2/c1-31(2)29(32(3,4)30(31)39-26-12-11-24(18-34)27(33)17-26)36-28(38)23-9-7-21(8-10-23)5-6-22-19-37(20-22)25-13-15-35-16-14-25/h7-12,17,22,25,29-30,35H,13-16,19-20H2,1-4H3,(H,36,38). The van der Waals surface area contributed by atoms with Crippen LogP contribution in [0.4, 0.5) is 0 Å². The molecule has 0 aromatic heterocycles. The molecule has 0 atom stereocenters. The molecule has 2 aromatic rings. The third kappa shape index (κ3) is 5.52. The quantitative estimate of drug-likeness (QED) is 0.526. The zero-order valence-electron chi connectivity index (χ0n) is 23.2. The van der Waals surface area contributed by atoms with Crippen molar-refractivity contribution in [1.29, 1.82) is 5.26 Å². The van der Waals surface area contributed by atoms with Crippen molar-refractivity contribution >= 4 is 17.5 Å². The maximum Gasteiger partial charge on any atom is 0.251 e. The number of carbonyl (C=O) groups is 1. The second-order valence-corrected chi connectivity index (χ2v) is 12.7. The lowest BCUT2D eigenvalue weighted by Gasteiger charge is -2.63. The van der Waals surface area contributed by atoms with Crippen LogP contribution in [-0.4, -0.2) is 55.2 Å². The Balaban J connectivity index is 1.16. The molecule has 2 aromatic carbocycles. The van der Waals surface area contributed by atoms with E-state index in [0.717, 1.165) is 31.7 Å². The predicted octanol–water partition coefficient (Wildman–Crippen LogP) is 4.86. The molecule has 3 fully saturated rings. The van der Waals surface area contributed by atoms with Gasteiger partial charge in [-0.2, -0.15) is 5.26 Å². The SMILES string of the molecule is CC1(C)C(NC(=O)c2ccc(C#CC3CN(C4CCNCC4)C3)cc2)C(C)(C)C1Oc1ccc(C#N)c(Cl)c1. The van der Waals surface area contributed by atoms with Gasteiger partial charge in [-0.25, -0.2) is 0 Å². The van der Waals surface area contributed by atoms with Crippen molar-refractivity contribution in [3.8, 4) is 23.7 Å². The first-order valence-corrected chi connectivity index (χ1v) is 14.2. The van der Waals surface area contributed by atoms with Crippen LogP contribution in [0.1, 0.15) is 62.0 Å². The van der Waals surface area contributed by atoms with E-state index in [0.29, 0.717) is 33.9 Å². The second-order valence-electron chi connectivity index (χ2n) is 12.3. The number of carbonyl (C=O) groups excluding carboxylic acids is 1. The molecule has 1 saturated carbocycles. The summed E-state index contributed by atoms with van der Waals surface area (Å²) < 4.78 is 6.33. The molecule has 1 aliphatic carbocycles. The number of hydrogen-bond donors (Lipinski definition) is 2. The number of halogens is 1. The maximum atomic E-state index is 13.2. The Morgan fingerprint density at radius 2 is 1.74 bits per heavy atom. The number of rotatable bonds is 5. The van der Waals surface area contributed by atoms with Crippen LogP contribution < -0.4 is 15.4 Å². The number of ether oxygens (including phenoxy) is 1. The van der Waals surface area contributed by atoms with Gasteiger partial charge in [0.1, 0.15) is 17.9 Å². The topological polar surface area (TPSA) is 77.4 Å². The van der Waals surface area contributed by atoms with E-state index in [-0.39, 0.29) is 28.9 Å². The molecule has 2 saturated heterocycles. The number of piperidine rings is 1. The highest BCUT2D eigenvalue weighted by molar-refractivity contribution is 6.31. The van der Waals surface area contributed by atoms with Gasteiger partial charge in [0.15, 0.2) is 0 Å². The highest BCUT2D eigenvalue weighted by atomic mass is 35.5. The molecule has 7 heteroatoms. The molecule has 2 aliphatic heterocycles. The van der Waals surface area contributed by atoms with Crippen molar-refractivity contribution in [2.24, 2.45) is 16.7 Å². The fourth-order valence-electron chi connectivity index (χ4n) is 6.77. The number of likely N-dealkylation sites (tertiary alicyclic amines) is 1. The molecule has 1 amide bonds. The average molecular weight is 545 g/mol. The van der Waals surface area contributed by atoms with E-state index in [2.05, 4.69) is 61.1 Å². The normalized spacial score (nSPS) is 24.3. The smallest absolute Gasteiger partial charge is 0.251 e. The fraction of sp³-hybridized carbons (Fsp3) is 0.500. The Morgan fingerprint density at radius 1 is 1.08 bits per heavy atom. The van der Waals surface area contributed by atoms with Crippen LogP contribution in [0.3, 0.4) is 0 Å². The fourth-order valence-corrected chi connectivity index (χ4v) is 6.99. The van der Waals surface area contributed by atoms with Crippen LogP contribution in [0, 0.1) is 39.9 Å². The first-order valence-electron chi connectivity index (χ1n) is 13.8. The lowest BCUT2D eigenvalue weighted by atomic mass is 9.49. The van der Waals surface area contributed by atoms with Gasteiger partial charge < -0.3 is 15.4 Å². The zero-order valence-corrected chi connectivity index (χ0v) is 23.9. The molecule has 6 nitrogen and oxygen atoms in total. The van der Waals surface area contributed by atoms with E-state index >= 15 is 0 Å². The average Bonchev–Trinajstić information content (AvgIpc) is 2.90. The first kappa shape index (κ1) is 27.5. The van der Waals surface area contributed by atoms with Crippen LogP contribution in [0.15, 0.2) is 42.5 Å². The zero-order chi connectivity index (χ0) is 27.8. The van der Waals surface area contributed by atoms with Gasteiger partial charge >= 0.3 is 0 Å². The van der Waals surface area contributed by atoms with Gasteiger partial charge in [0.25, 0.3) is 5.91 Å². The Kier molecular flexibility index (Phi) is 7.66. The monoisotopic (exact) mass is 544 g/mol. The largest absolute Gasteiger partial charge is 0.489 e. The summed E-state index contributed by atoms with van der Waals surface area (Å²) in [6, 6.07) is 15.4. The van der Waals surface area contributed by atoms with Gasteiger partial charge in [-0.3, -0.25) is 9.69 Å². The van der Waals surface area contributed by atoms with Gasteiger partial charge in [0.2, 0.25) is 0 Å². The Labute approximate surface area is 237 Å². The Bertz CT molecular complexity index is 1310. The lowest BCUT2D eigenvalue weighted by molar-refractivity contribution is -0.164. The molecular weight excluding hydrogens is 508 g/mol. The first-order chi connectivity index (χ1) is 18.6. The summed E-state index contributed by atoms with van der Waals surface area (Å²) in [5.41, 5.74) is 1.35. The van der Waals surface area contributed by atoms with E-state index in [1.165, 1.54) is 12.8 Å². The summed E-state index contributed by atoms with van der Waals surface area (Å²) >= 11 is 6.20. The minimum Gasteiger partial charge on any atom is -0.489 e. The van der Waals surface area contributed by atoms with Crippen LogP contribution in [0.5, 0.6) is 5.75 Å². The van der Waals surface area contributed by atoms with Gasteiger partial charge in [0, 0.05) is 59.1 Å². The number of hydrogen-bond acceptors (Lipinski definition) is 5. The van der Waals surface area contributed by atoms with E-state index in [9.17, 15) is 4.79 Å². The summed E-state index contributed by atoms with van der Waals surface area (Å²) in [6.07, 6.45) is 2.33. The van der Waals surface area contributed by atoms with Crippen molar-refractivity contribution in [2.45, 2.75) is 58.7 Å². The van der Waals surface area contributed by atoms with Crippen LogP contribution in [0.2, 0.25) is 5.02 Å². The lowest BCUT2D eigenvalue weighted by Crippen LogP contribution is -2.74. The summed E-state index contributed by atoms with van der Waals surface area (Å²) in [6.45, 7) is 12.8.